The zero-order chi connectivity index (χ0) is 20.8. The Kier molecular flexibility index (Phi) is 4.60. The number of aromatic nitrogens is 1. The third-order valence-corrected chi connectivity index (χ3v) is 6.18. The molecule has 1 saturated heterocycles. The molecule has 3 heterocycles. The summed E-state index contributed by atoms with van der Waals surface area (Å²) in [5, 5.41) is 11.6. The van der Waals surface area contributed by atoms with Gasteiger partial charge >= 0.3 is 0 Å². The number of aromatic amines is 1. The van der Waals surface area contributed by atoms with Gasteiger partial charge in [-0.05, 0) is 44.8 Å². The van der Waals surface area contributed by atoms with Crippen molar-refractivity contribution in [3.63, 3.8) is 0 Å². The normalized spacial score (nSPS) is 20.4. The van der Waals surface area contributed by atoms with Crippen LogP contribution in [0.1, 0.15) is 27.9 Å². The van der Waals surface area contributed by atoms with E-state index in [2.05, 4.69) is 28.9 Å². The minimum atomic E-state index is -0.149. The summed E-state index contributed by atoms with van der Waals surface area (Å²) in [4.78, 5) is 20.7. The van der Waals surface area contributed by atoms with E-state index in [4.69, 9.17) is 4.74 Å². The van der Waals surface area contributed by atoms with Crippen LogP contribution >= 0.6 is 0 Å². The molecule has 2 aliphatic heterocycles. The van der Waals surface area contributed by atoms with Crippen LogP contribution in [0.25, 0.3) is 17.0 Å². The first-order valence-corrected chi connectivity index (χ1v) is 10.3. The fourth-order valence-corrected chi connectivity index (χ4v) is 4.41. The molecule has 6 heteroatoms. The number of carbonyl (C=O) groups excluding carboxylic acids is 1. The molecule has 1 fully saturated rings. The highest BCUT2D eigenvalue weighted by Crippen LogP contribution is 2.40. The number of H-pyrrole nitrogens is 1. The van der Waals surface area contributed by atoms with E-state index in [-0.39, 0.29) is 17.3 Å². The molecule has 6 nitrogen and oxygen atoms in total. The fraction of sp³-hybridized carbons (Fsp3) is 0.292. The second kappa shape index (κ2) is 7.31. The third kappa shape index (κ3) is 3.18. The number of carbonyl (C=O) groups is 1. The molecule has 0 saturated carbocycles. The predicted octanol–water partition coefficient (Wildman–Crippen LogP) is 3.63. The molecule has 3 aromatic rings. The lowest BCUT2D eigenvalue weighted by Gasteiger charge is -2.21. The molecule has 2 aliphatic rings. The first kappa shape index (κ1) is 18.9. The van der Waals surface area contributed by atoms with Gasteiger partial charge in [-0.25, -0.2) is 0 Å². The van der Waals surface area contributed by atoms with Crippen molar-refractivity contribution < 1.29 is 14.6 Å². The molecule has 1 aromatic heterocycles. The Bertz CT molecular complexity index is 1160. The van der Waals surface area contributed by atoms with Gasteiger partial charge in [0.05, 0.1) is 11.1 Å². The van der Waals surface area contributed by atoms with E-state index in [1.165, 1.54) is 0 Å². The Morgan fingerprint density at radius 2 is 2.10 bits per heavy atom. The quantitative estimate of drug-likeness (QED) is 0.651. The number of ether oxygens (including phenoxy) is 1. The van der Waals surface area contributed by atoms with Crippen LogP contribution in [0.15, 0.2) is 48.4 Å². The molecule has 0 bridgehead atoms. The molecule has 5 rings (SSSR count). The number of benzene rings is 2. The van der Waals surface area contributed by atoms with Crippen molar-refractivity contribution in [2.75, 3.05) is 27.2 Å². The number of Topliss-reactive ketones (excluding diaryl/α,β-unsaturated/α-hetero) is 1. The van der Waals surface area contributed by atoms with E-state index in [9.17, 15) is 9.90 Å². The molecule has 1 unspecified atom stereocenters. The molecule has 0 aliphatic carbocycles. The van der Waals surface area contributed by atoms with Crippen molar-refractivity contribution in [2.24, 2.45) is 0 Å². The van der Waals surface area contributed by atoms with Crippen LogP contribution in [-0.4, -0.2) is 58.9 Å². The topological polar surface area (TPSA) is 68.8 Å². The van der Waals surface area contributed by atoms with Crippen LogP contribution in [0, 0.1) is 0 Å². The standard InChI is InChI=1S/C24H25N3O3/c1-26(2)16-9-10-27(13-16)14-19-21(28)8-7-18-23(29)22(30-24(18)19)11-15-12-25-20-6-4-3-5-17(15)20/h3-8,11-12,16,25,28H,9-10,13-14H2,1-2H3. The van der Waals surface area contributed by atoms with Crippen molar-refractivity contribution in [2.45, 2.75) is 19.0 Å². The second-order valence-electron chi connectivity index (χ2n) is 8.31. The molecule has 2 aromatic carbocycles. The SMILES string of the molecule is CN(C)C1CCN(Cc2c(O)ccc3c2OC(=Cc2c[nH]c4ccccc24)C3=O)C1. The average molecular weight is 403 g/mol. The number of hydrogen-bond donors (Lipinski definition) is 2. The first-order chi connectivity index (χ1) is 14.5. The van der Waals surface area contributed by atoms with Crippen LogP contribution in [0.5, 0.6) is 11.5 Å². The monoisotopic (exact) mass is 403 g/mol. The highest BCUT2D eigenvalue weighted by molar-refractivity contribution is 6.15. The van der Waals surface area contributed by atoms with E-state index in [1.54, 1.807) is 18.2 Å². The average Bonchev–Trinajstić information content (AvgIpc) is 3.44. The number of allylic oxidation sites excluding steroid dienone is 1. The summed E-state index contributed by atoms with van der Waals surface area (Å²) in [6, 6.07) is 11.7. The molecule has 0 amide bonds. The fourth-order valence-electron chi connectivity index (χ4n) is 4.41. The van der Waals surface area contributed by atoms with Gasteiger partial charge in [0.1, 0.15) is 11.5 Å². The van der Waals surface area contributed by atoms with Gasteiger partial charge in [-0.1, -0.05) is 18.2 Å². The Hall–Kier alpha value is -3.09. The Balaban J connectivity index is 1.45. The second-order valence-corrected chi connectivity index (χ2v) is 8.31. The van der Waals surface area contributed by atoms with Crippen molar-refractivity contribution in [3.05, 3.63) is 65.0 Å². The van der Waals surface area contributed by atoms with Crippen LogP contribution < -0.4 is 4.74 Å². The molecule has 1 atom stereocenters. The van der Waals surface area contributed by atoms with Gasteiger partial charge < -0.3 is 19.7 Å². The molecule has 2 N–H and O–H groups in total. The largest absolute Gasteiger partial charge is 0.507 e. The summed E-state index contributed by atoms with van der Waals surface area (Å²) in [5.41, 5.74) is 3.11. The minimum Gasteiger partial charge on any atom is -0.507 e. The van der Waals surface area contributed by atoms with Crippen LogP contribution in [0.4, 0.5) is 0 Å². The lowest BCUT2D eigenvalue weighted by Crippen LogP contribution is -2.31. The van der Waals surface area contributed by atoms with E-state index >= 15 is 0 Å². The van der Waals surface area contributed by atoms with E-state index < -0.39 is 0 Å². The van der Waals surface area contributed by atoms with Crippen LogP contribution in [0.3, 0.4) is 0 Å². The van der Waals surface area contributed by atoms with Crippen molar-refractivity contribution >= 4 is 22.8 Å². The van der Waals surface area contributed by atoms with E-state index in [0.29, 0.717) is 29.5 Å². The number of likely N-dealkylation sites (tertiary alicyclic amines) is 1. The first-order valence-electron chi connectivity index (χ1n) is 10.3. The number of nitrogens with zero attached hydrogens (tertiary/aromatic N) is 2. The lowest BCUT2D eigenvalue weighted by atomic mass is 10.0. The van der Waals surface area contributed by atoms with E-state index in [1.807, 2.05) is 30.5 Å². The van der Waals surface area contributed by atoms with Crippen molar-refractivity contribution in [3.8, 4) is 11.5 Å². The molecular formula is C24H25N3O3. The Morgan fingerprint density at radius 3 is 2.90 bits per heavy atom. The van der Waals surface area contributed by atoms with E-state index in [0.717, 1.165) is 36.0 Å². The number of hydrogen-bond acceptors (Lipinski definition) is 5. The third-order valence-electron chi connectivity index (χ3n) is 6.18. The molecule has 154 valence electrons. The summed E-state index contributed by atoms with van der Waals surface area (Å²) >= 11 is 0. The summed E-state index contributed by atoms with van der Waals surface area (Å²) in [6.07, 6.45) is 4.75. The maximum Gasteiger partial charge on any atom is 0.231 e. The summed E-state index contributed by atoms with van der Waals surface area (Å²) < 4.78 is 6.04. The van der Waals surface area contributed by atoms with Crippen LogP contribution in [0.2, 0.25) is 0 Å². The van der Waals surface area contributed by atoms with Gasteiger partial charge in [-0.15, -0.1) is 0 Å². The molecule has 0 spiro atoms. The number of ketones is 1. The van der Waals surface area contributed by atoms with Gasteiger partial charge in [-0.3, -0.25) is 9.69 Å². The predicted molar refractivity (Wildman–Crippen MR) is 117 cm³/mol. The minimum absolute atomic E-state index is 0.149. The number of para-hydroxylation sites is 1. The van der Waals surface area contributed by atoms with Gasteiger partial charge in [0, 0.05) is 48.3 Å². The summed E-state index contributed by atoms with van der Waals surface area (Å²) in [6.45, 7) is 2.45. The maximum atomic E-state index is 13.0. The summed E-state index contributed by atoms with van der Waals surface area (Å²) in [5.74, 6) is 0.793. The number of phenols is 1. The Labute approximate surface area is 175 Å². The highest BCUT2D eigenvalue weighted by Gasteiger charge is 2.33. The zero-order valence-electron chi connectivity index (χ0n) is 17.2. The van der Waals surface area contributed by atoms with Crippen LogP contribution in [-0.2, 0) is 6.54 Å². The van der Waals surface area contributed by atoms with Gasteiger partial charge in [0.2, 0.25) is 5.78 Å². The molecular weight excluding hydrogens is 378 g/mol. The zero-order valence-corrected chi connectivity index (χ0v) is 17.2. The van der Waals surface area contributed by atoms with Gasteiger partial charge in [0.25, 0.3) is 0 Å². The van der Waals surface area contributed by atoms with Gasteiger partial charge in [-0.2, -0.15) is 0 Å². The number of fused-ring (bicyclic) bond motifs is 2. The van der Waals surface area contributed by atoms with Crippen molar-refractivity contribution in [1.29, 1.82) is 0 Å². The van der Waals surface area contributed by atoms with Crippen molar-refractivity contribution in [1.82, 2.24) is 14.8 Å². The number of phenolic OH excluding ortho intramolecular Hbond substituents is 1. The number of nitrogens with one attached hydrogen (secondary N) is 1. The molecule has 30 heavy (non-hydrogen) atoms. The number of likely N-dealkylation sites (N-methyl/N-ethyl adjacent to an activating group) is 1. The number of aromatic hydroxyl groups is 1. The maximum absolute atomic E-state index is 13.0. The molecule has 0 radical (unpaired) electrons. The smallest absolute Gasteiger partial charge is 0.231 e. The van der Waals surface area contributed by atoms with Gasteiger partial charge in [0.15, 0.2) is 5.76 Å². The Morgan fingerprint density at radius 1 is 1.27 bits per heavy atom. The number of rotatable bonds is 4. The lowest BCUT2D eigenvalue weighted by molar-refractivity contribution is 0.101. The highest BCUT2D eigenvalue weighted by atomic mass is 16.5. The summed E-state index contributed by atoms with van der Waals surface area (Å²) in [7, 11) is 4.19.